The van der Waals surface area contributed by atoms with Crippen molar-refractivity contribution in [2.75, 3.05) is 46.8 Å². The molecular weight excluding hydrogens is 327 g/mol. The largest absolute Gasteiger partial charge is 0.352 e. The Labute approximate surface area is 145 Å². The summed E-state index contributed by atoms with van der Waals surface area (Å²) in [4.78, 5) is 28.0. The Balaban J connectivity index is 0.00000220. The van der Waals surface area contributed by atoms with Crippen molar-refractivity contribution in [1.82, 2.24) is 20.4 Å². The summed E-state index contributed by atoms with van der Waals surface area (Å²) >= 11 is 0. The van der Waals surface area contributed by atoms with Crippen LogP contribution < -0.4 is 10.6 Å². The van der Waals surface area contributed by atoms with Crippen LogP contribution in [0.2, 0.25) is 0 Å². The molecule has 2 fully saturated rings. The third kappa shape index (κ3) is 6.28. The van der Waals surface area contributed by atoms with Crippen LogP contribution in [0.15, 0.2) is 0 Å². The maximum atomic E-state index is 12.2. The lowest BCUT2D eigenvalue weighted by Gasteiger charge is -2.25. The van der Waals surface area contributed by atoms with E-state index in [0.717, 1.165) is 32.5 Å². The van der Waals surface area contributed by atoms with Gasteiger partial charge in [-0.15, -0.1) is 24.8 Å². The van der Waals surface area contributed by atoms with Gasteiger partial charge in [-0.05, 0) is 33.5 Å². The number of likely N-dealkylation sites (N-methyl/N-ethyl adjacent to an activating group) is 1. The lowest BCUT2D eigenvalue weighted by molar-refractivity contribution is -0.129. The van der Waals surface area contributed by atoms with E-state index in [1.807, 2.05) is 23.9 Å². The Hall–Kier alpha value is -0.560. The molecule has 0 bridgehead atoms. The van der Waals surface area contributed by atoms with Crippen molar-refractivity contribution in [2.45, 2.75) is 25.3 Å². The van der Waals surface area contributed by atoms with Gasteiger partial charge in [-0.2, -0.15) is 0 Å². The molecule has 2 rings (SSSR count). The highest BCUT2D eigenvalue weighted by Gasteiger charge is 2.34. The average Bonchev–Trinajstić information content (AvgIpc) is 2.79. The zero-order valence-corrected chi connectivity index (χ0v) is 15.0. The van der Waals surface area contributed by atoms with Gasteiger partial charge in [-0.1, -0.05) is 0 Å². The van der Waals surface area contributed by atoms with Gasteiger partial charge in [0.1, 0.15) is 0 Å². The molecule has 2 saturated heterocycles. The molecule has 2 unspecified atom stereocenters. The smallest absolute Gasteiger partial charge is 0.225 e. The van der Waals surface area contributed by atoms with Gasteiger partial charge < -0.3 is 20.4 Å². The van der Waals surface area contributed by atoms with Crippen LogP contribution in [0.1, 0.15) is 19.3 Å². The number of rotatable bonds is 5. The summed E-state index contributed by atoms with van der Waals surface area (Å²) < 4.78 is 0. The third-order valence-corrected chi connectivity index (χ3v) is 4.05. The van der Waals surface area contributed by atoms with Gasteiger partial charge >= 0.3 is 0 Å². The van der Waals surface area contributed by atoms with Crippen molar-refractivity contribution >= 4 is 36.6 Å². The van der Waals surface area contributed by atoms with E-state index in [0.29, 0.717) is 19.5 Å². The quantitative estimate of drug-likeness (QED) is 0.735. The summed E-state index contributed by atoms with van der Waals surface area (Å²) in [5.74, 6) is -0.0280. The van der Waals surface area contributed by atoms with Gasteiger partial charge in [0.2, 0.25) is 11.8 Å². The van der Waals surface area contributed by atoms with Gasteiger partial charge in [-0.25, -0.2) is 0 Å². The predicted octanol–water partition coefficient (Wildman–Crippen LogP) is 0.108. The number of amides is 2. The Bertz CT molecular complexity index is 363. The predicted molar refractivity (Wildman–Crippen MR) is 91.8 cm³/mol. The van der Waals surface area contributed by atoms with Crippen LogP contribution in [0.5, 0.6) is 0 Å². The van der Waals surface area contributed by atoms with Crippen molar-refractivity contribution in [1.29, 1.82) is 0 Å². The van der Waals surface area contributed by atoms with Crippen LogP contribution >= 0.6 is 24.8 Å². The summed E-state index contributed by atoms with van der Waals surface area (Å²) in [6.45, 7) is 4.00. The van der Waals surface area contributed by atoms with Crippen LogP contribution in [-0.2, 0) is 9.59 Å². The Morgan fingerprint density at radius 3 is 2.73 bits per heavy atom. The summed E-state index contributed by atoms with van der Waals surface area (Å²) in [6, 6.07) is 0.224. The van der Waals surface area contributed by atoms with Crippen LogP contribution in [0, 0.1) is 5.92 Å². The molecule has 0 aliphatic carbocycles. The molecule has 2 heterocycles. The number of hydrogen-bond acceptors (Lipinski definition) is 4. The fraction of sp³-hybridized carbons (Fsp3) is 0.857. The van der Waals surface area contributed by atoms with E-state index < -0.39 is 0 Å². The van der Waals surface area contributed by atoms with E-state index in [-0.39, 0.29) is 48.6 Å². The molecular formula is C14H28Cl2N4O2. The molecule has 2 amide bonds. The van der Waals surface area contributed by atoms with Crippen molar-refractivity contribution in [2.24, 2.45) is 5.92 Å². The molecule has 2 N–H and O–H groups in total. The second-order valence-corrected chi connectivity index (χ2v) is 6.10. The summed E-state index contributed by atoms with van der Waals surface area (Å²) in [5, 5.41) is 6.36. The van der Waals surface area contributed by atoms with E-state index in [1.165, 1.54) is 0 Å². The van der Waals surface area contributed by atoms with Crippen LogP contribution in [-0.4, -0.2) is 74.5 Å². The standard InChI is InChI=1S/C14H26N4O2.2ClH/c1-17(2)6-7-18-10-11(8-13(18)19)14(20)16-12-4-3-5-15-9-12;;/h11-12,15H,3-10H2,1-2H3,(H,16,20);2*1H. The summed E-state index contributed by atoms with van der Waals surface area (Å²) in [7, 11) is 3.97. The first kappa shape index (κ1) is 21.4. The number of likely N-dealkylation sites (tertiary alicyclic amines) is 1. The van der Waals surface area contributed by atoms with E-state index in [4.69, 9.17) is 0 Å². The van der Waals surface area contributed by atoms with E-state index in [9.17, 15) is 9.59 Å². The topological polar surface area (TPSA) is 64.7 Å². The van der Waals surface area contributed by atoms with E-state index in [1.54, 1.807) is 0 Å². The van der Waals surface area contributed by atoms with Gasteiger partial charge in [0.25, 0.3) is 0 Å². The average molecular weight is 355 g/mol. The fourth-order valence-corrected chi connectivity index (χ4v) is 2.78. The highest BCUT2D eigenvalue weighted by molar-refractivity contribution is 5.89. The molecule has 6 nitrogen and oxygen atoms in total. The molecule has 2 atom stereocenters. The maximum absolute atomic E-state index is 12.2. The molecule has 2 aliphatic heterocycles. The van der Waals surface area contributed by atoms with Crippen LogP contribution in [0.25, 0.3) is 0 Å². The molecule has 8 heteroatoms. The number of nitrogens with zero attached hydrogens (tertiary/aromatic N) is 2. The minimum atomic E-state index is -0.174. The molecule has 22 heavy (non-hydrogen) atoms. The number of piperidine rings is 1. The lowest BCUT2D eigenvalue weighted by Crippen LogP contribution is -2.47. The number of halogens is 2. The Morgan fingerprint density at radius 2 is 2.14 bits per heavy atom. The Kier molecular flexibility index (Phi) is 10.00. The van der Waals surface area contributed by atoms with Crippen molar-refractivity contribution in [3.63, 3.8) is 0 Å². The molecule has 130 valence electrons. The van der Waals surface area contributed by atoms with Crippen LogP contribution in [0.3, 0.4) is 0 Å². The van der Waals surface area contributed by atoms with Crippen molar-refractivity contribution in [3.05, 3.63) is 0 Å². The molecule has 0 saturated carbocycles. The summed E-state index contributed by atoms with van der Waals surface area (Å²) in [5.41, 5.74) is 0. The number of carbonyl (C=O) groups is 2. The normalized spacial score (nSPS) is 24.7. The second kappa shape index (κ2) is 10.3. The first-order valence-electron chi connectivity index (χ1n) is 7.50. The number of hydrogen-bond donors (Lipinski definition) is 2. The van der Waals surface area contributed by atoms with Gasteiger partial charge in [0.15, 0.2) is 0 Å². The fourth-order valence-electron chi connectivity index (χ4n) is 2.78. The monoisotopic (exact) mass is 354 g/mol. The number of carbonyl (C=O) groups excluding carboxylic acids is 2. The molecule has 0 aromatic carbocycles. The first-order chi connectivity index (χ1) is 9.56. The van der Waals surface area contributed by atoms with Crippen molar-refractivity contribution in [3.8, 4) is 0 Å². The highest BCUT2D eigenvalue weighted by Crippen LogP contribution is 2.18. The zero-order valence-electron chi connectivity index (χ0n) is 13.3. The van der Waals surface area contributed by atoms with Gasteiger partial charge in [-0.3, -0.25) is 9.59 Å². The van der Waals surface area contributed by atoms with Gasteiger partial charge in [0.05, 0.1) is 5.92 Å². The Morgan fingerprint density at radius 1 is 1.41 bits per heavy atom. The minimum Gasteiger partial charge on any atom is -0.352 e. The molecule has 0 radical (unpaired) electrons. The third-order valence-electron chi connectivity index (χ3n) is 4.05. The van der Waals surface area contributed by atoms with E-state index in [2.05, 4.69) is 10.6 Å². The van der Waals surface area contributed by atoms with Gasteiger partial charge in [0, 0.05) is 38.6 Å². The SMILES string of the molecule is CN(C)CCN1CC(C(=O)NC2CCCNC2)CC1=O.Cl.Cl. The first-order valence-corrected chi connectivity index (χ1v) is 7.50. The van der Waals surface area contributed by atoms with E-state index >= 15 is 0 Å². The number of nitrogens with one attached hydrogen (secondary N) is 2. The molecule has 0 spiro atoms. The maximum Gasteiger partial charge on any atom is 0.225 e. The summed E-state index contributed by atoms with van der Waals surface area (Å²) in [6.07, 6.45) is 2.49. The molecule has 0 aromatic rings. The molecule has 2 aliphatic rings. The molecule has 0 aromatic heterocycles. The minimum absolute atomic E-state index is 0. The lowest BCUT2D eigenvalue weighted by atomic mass is 10.0. The zero-order chi connectivity index (χ0) is 14.5. The van der Waals surface area contributed by atoms with Crippen molar-refractivity contribution < 1.29 is 9.59 Å². The second-order valence-electron chi connectivity index (χ2n) is 6.10. The van der Waals surface area contributed by atoms with Crippen LogP contribution in [0.4, 0.5) is 0 Å². The highest BCUT2D eigenvalue weighted by atomic mass is 35.5.